The lowest BCUT2D eigenvalue weighted by molar-refractivity contribution is 0.0696. The van der Waals surface area contributed by atoms with Crippen LogP contribution in [0.25, 0.3) is 11.1 Å². The molecule has 1 aliphatic carbocycles. The highest BCUT2D eigenvalue weighted by molar-refractivity contribution is 5.91. The van der Waals surface area contributed by atoms with Gasteiger partial charge in [-0.25, -0.2) is 4.79 Å². The number of aromatic carboxylic acids is 1. The first-order valence-electron chi connectivity index (χ1n) is 6.54. The Balaban J connectivity index is 2.28. The molecule has 1 N–H and O–H groups in total. The first-order valence-corrected chi connectivity index (χ1v) is 6.54. The van der Waals surface area contributed by atoms with E-state index in [0.29, 0.717) is 12.2 Å². The number of hydrogen-bond acceptors (Lipinski definition) is 2. The molecule has 1 aliphatic rings. The van der Waals surface area contributed by atoms with Gasteiger partial charge in [0.1, 0.15) is 0 Å². The molecule has 0 heterocycles. The molecule has 2 aromatic rings. The summed E-state index contributed by atoms with van der Waals surface area (Å²) in [6, 6.07) is 13.5. The van der Waals surface area contributed by atoms with E-state index in [1.165, 1.54) is 11.1 Å². The van der Waals surface area contributed by atoms with E-state index in [1.807, 2.05) is 18.2 Å². The topological polar surface area (TPSA) is 46.5 Å². The van der Waals surface area contributed by atoms with Gasteiger partial charge in [0.2, 0.25) is 0 Å². The van der Waals surface area contributed by atoms with Gasteiger partial charge in [0.05, 0.1) is 12.2 Å². The smallest absolute Gasteiger partial charge is 0.335 e. The fraction of sp³-hybridized carbons (Fsp3) is 0.235. The lowest BCUT2D eigenvalue weighted by Crippen LogP contribution is -2.27. The summed E-state index contributed by atoms with van der Waals surface area (Å²) >= 11 is 0. The van der Waals surface area contributed by atoms with Crippen LogP contribution in [0.1, 0.15) is 28.4 Å². The molecule has 20 heavy (non-hydrogen) atoms. The Morgan fingerprint density at radius 2 is 1.85 bits per heavy atom. The highest BCUT2D eigenvalue weighted by Crippen LogP contribution is 2.49. The van der Waals surface area contributed by atoms with Gasteiger partial charge < -0.3 is 9.84 Å². The average molecular weight is 268 g/mol. The number of methoxy groups -OCH3 is 1. The highest BCUT2D eigenvalue weighted by Gasteiger charge is 2.39. The van der Waals surface area contributed by atoms with E-state index in [4.69, 9.17) is 4.74 Å². The lowest BCUT2D eigenvalue weighted by atomic mass is 9.80. The molecule has 102 valence electrons. The minimum Gasteiger partial charge on any atom is -0.478 e. The van der Waals surface area contributed by atoms with Crippen molar-refractivity contribution in [3.05, 3.63) is 59.2 Å². The van der Waals surface area contributed by atoms with Gasteiger partial charge in [0.25, 0.3) is 0 Å². The van der Waals surface area contributed by atoms with Crippen LogP contribution in [0.15, 0.2) is 42.5 Å². The minimum absolute atomic E-state index is 0.299. The second kappa shape index (κ2) is 4.46. The number of carboxylic acid groups (broad SMARTS) is 1. The van der Waals surface area contributed by atoms with Crippen molar-refractivity contribution >= 4 is 5.97 Å². The third kappa shape index (κ3) is 1.67. The van der Waals surface area contributed by atoms with E-state index >= 15 is 0 Å². The third-order valence-corrected chi connectivity index (χ3v) is 4.11. The zero-order chi connectivity index (χ0) is 14.3. The highest BCUT2D eigenvalue weighted by atomic mass is 16.5. The standard InChI is InChI=1S/C17H16O3/c1-17(10-20-2)14-6-4-3-5-12(14)13-8-7-11(16(18)19)9-15(13)17/h3-9H,10H2,1-2H3,(H,18,19). The van der Waals surface area contributed by atoms with Gasteiger partial charge in [0.15, 0.2) is 0 Å². The summed E-state index contributed by atoms with van der Waals surface area (Å²) in [6.45, 7) is 2.63. The van der Waals surface area contributed by atoms with Crippen molar-refractivity contribution in [2.24, 2.45) is 0 Å². The van der Waals surface area contributed by atoms with Crippen molar-refractivity contribution in [2.75, 3.05) is 13.7 Å². The molecule has 3 heteroatoms. The van der Waals surface area contributed by atoms with E-state index in [1.54, 1.807) is 19.2 Å². The van der Waals surface area contributed by atoms with Crippen molar-refractivity contribution in [2.45, 2.75) is 12.3 Å². The Bertz CT molecular complexity index is 690. The van der Waals surface area contributed by atoms with Gasteiger partial charge in [-0.3, -0.25) is 0 Å². The molecular formula is C17H16O3. The molecule has 0 saturated carbocycles. The Kier molecular flexibility index (Phi) is 2.87. The van der Waals surface area contributed by atoms with Crippen molar-refractivity contribution in [1.29, 1.82) is 0 Å². The number of hydrogen-bond donors (Lipinski definition) is 1. The molecule has 0 fully saturated rings. The summed E-state index contributed by atoms with van der Waals surface area (Å²) in [5, 5.41) is 9.20. The van der Waals surface area contributed by atoms with Gasteiger partial charge >= 0.3 is 5.97 Å². The van der Waals surface area contributed by atoms with Crippen LogP contribution in [0, 0.1) is 0 Å². The molecule has 2 aromatic carbocycles. The summed E-state index contributed by atoms with van der Waals surface area (Å²) in [4.78, 5) is 11.2. The fourth-order valence-electron chi connectivity index (χ4n) is 3.16. The SMILES string of the molecule is COCC1(C)c2ccccc2-c2ccc(C(=O)O)cc21. The lowest BCUT2D eigenvalue weighted by Gasteiger charge is -2.26. The molecule has 0 aromatic heterocycles. The van der Waals surface area contributed by atoms with Crippen molar-refractivity contribution in [1.82, 2.24) is 0 Å². The first-order chi connectivity index (χ1) is 9.58. The molecule has 0 amide bonds. The molecule has 1 atom stereocenters. The van der Waals surface area contributed by atoms with Gasteiger partial charge in [-0.2, -0.15) is 0 Å². The summed E-state index contributed by atoms with van der Waals surface area (Å²) in [5.74, 6) is -0.900. The molecule has 3 rings (SSSR count). The molecule has 1 unspecified atom stereocenters. The molecule has 0 saturated heterocycles. The monoisotopic (exact) mass is 268 g/mol. The number of rotatable bonds is 3. The summed E-state index contributed by atoms with van der Waals surface area (Å²) in [5.41, 5.74) is 4.51. The minimum atomic E-state index is -0.900. The van der Waals surface area contributed by atoms with Crippen LogP contribution < -0.4 is 0 Å². The van der Waals surface area contributed by atoms with Crippen molar-refractivity contribution in [3.63, 3.8) is 0 Å². The molecule has 0 radical (unpaired) electrons. The molecule has 0 aliphatic heterocycles. The van der Waals surface area contributed by atoms with Crippen LogP contribution in [-0.2, 0) is 10.2 Å². The van der Waals surface area contributed by atoms with E-state index < -0.39 is 5.97 Å². The van der Waals surface area contributed by atoms with Crippen LogP contribution >= 0.6 is 0 Å². The maximum Gasteiger partial charge on any atom is 0.335 e. The largest absolute Gasteiger partial charge is 0.478 e. The average Bonchev–Trinajstić information content (AvgIpc) is 2.70. The van der Waals surface area contributed by atoms with Crippen molar-refractivity contribution in [3.8, 4) is 11.1 Å². The first kappa shape index (κ1) is 12.9. The maximum absolute atomic E-state index is 11.2. The van der Waals surface area contributed by atoms with Gasteiger partial charge in [-0.05, 0) is 41.3 Å². The Morgan fingerprint density at radius 3 is 2.55 bits per heavy atom. The van der Waals surface area contributed by atoms with E-state index in [0.717, 1.165) is 11.1 Å². The van der Waals surface area contributed by atoms with Crippen LogP contribution in [0.2, 0.25) is 0 Å². The predicted octanol–water partition coefficient (Wildman–Crippen LogP) is 3.32. The summed E-state index contributed by atoms with van der Waals surface area (Å²) in [6.07, 6.45) is 0. The second-order valence-electron chi connectivity index (χ2n) is 5.38. The summed E-state index contributed by atoms with van der Waals surface area (Å²) < 4.78 is 5.40. The Labute approximate surface area is 117 Å². The normalized spacial score (nSPS) is 19.5. The third-order valence-electron chi connectivity index (χ3n) is 4.11. The quantitative estimate of drug-likeness (QED) is 0.928. The van der Waals surface area contributed by atoms with Gasteiger partial charge in [-0.1, -0.05) is 30.3 Å². The number of fused-ring (bicyclic) bond motifs is 3. The van der Waals surface area contributed by atoms with E-state index in [2.05, 4.69) is 19.1 Å². The number of carboxylic acids is 1. The second-order valence-corrected chi connectivity index (χ2v) is 5.38. The molecular weight excluding hydrogens is 252 g/mol. The van der Waals surface area contributed by atoms with Crippen LogP contribution in [0.3, 0.4) is 0 Å². The summed E-state index contributed by atoms with van der Waals surface area (Å²) in [7, 11) is 1.67. The van der Waals surface area contributed by atoms with Crippen molar-refractivity contribution < 1.29 is 14.6 Å². The maximum atomic E-state index is 11.2. The fourth-order valence-corrected chi connectivity index (χ4v) is 3.16. The zero-order valence-corrected chi connectivity index (χ0v) is 11.5. The number of benzene rings is 2. The van der Waals surface area contributed by atoms with E-state index in [9.17, 15) is 9.90 Å². The van der Waals surface area contributed by atoms with Crippen LogP contribution in [0.4, 0.5) is 0 Å². The van der Waals surface area contributed by atoms with Crippen LogP contribution in [-0.4, -0.2) is 24.8 Å². The Morgan fingerprint density at radius 1 is 1.15 bits per heavy atom. The van der Waals surface area contributed by atoms with Gasteiger partial charge in [0, 0.05) is 12.5 Å². The number of ether oxygens (including phenoxy) is 1. The molecule has 3 nitrogen and oxygen atoms in total. The predicted molar refractivity (Wildman–Crippen MR) is 77.2 cm³/mol. The Hall–Kier alpha value is -2.13. The van der Waals surface area contributed by atoms with Crippen LogP contribution in [0.5, 0.6) is 0 Å². The number of carbonyl (C=O) groups is 1. The van der Waals surface area contributed by atoms with E-state index in [-0.39, 0.29) is 5.41 Å². The zero-order valence-electron chi connectivity index (χ0n) is 11.5. The van der Waals surface area contributed by atoms with Gasteiger partial charge in [-0.15, -0.1) is 0 Å². The molecule has 0 bridgehead atoms. The molecule has 0 spiro atoms.